The van der Waals surface area contributed by atoms with E-state index in [2.05, 4.69) is 15.4 Å². The summed E-state index contributed by atoms with van der Waals surface area (Å²) < 4.78 is 12.2. The number of rotatable bonds is 5. The largest absolute Gasteiger partial charge is 0.493 e. The molecule has 0 unspecified atom stereocenters. The van der Waals surface area contributed by atoms with Crippen LogP contribution in [0.1, 0.15) is 10.5 Å². The zero-order valence-corrected chi connectivity index (χ0v) is 14.5. The summed E-state index contributed by atoms with van der Waals surface area (Å²) in [4.78, 5) is 16.6. The van der Waals surface area contributed by atoms with Crippen LogP contribution >= 0.6 is 0 Å². The molecule has 2 aromatic heterocycles. The minimum absolute atomic E-state index is 0.200. The van der Waals surface area contributed by atoms with E-state index in [1.54, 1.807) is 29.2 Å². The summed E-state index contributed by atoms with van der Waals surface area (Å²) in [5, 5.41) is 7.21. The molecule has 0 atom stereocenters. The number of aromatic nitrogens is 3. The molecule has 0 bridgehead atoms. The Morgan fingerprint density at radius 1 is 1.15 bits per heavy atom. The molecule has 0 aliphatic heterocycles. The lowest BCUT2D eigenvalue weighted by Gasteiger charge is -2.06. The number of oxazole rings is 1. The predicted octanol–water partition coefficient (Wildman–Crippen LogP) is 3.79. The lowest BCUT2D eigenvalue weighted by Crippen LogP contribution is -2.14. The number of hydrogen-bond donors (Lipinski definition) is 1. The van der Waals surface area contributed by atoms with Crippen molar-refractivity contribution in [2.45, 2.75) is 0 Å². The summed E-state index contributed by atoms with van der Waals surface area (Å²) in [6, 6.07) is 16.8. The van der Waals surface area contributed by atoms with Crippen LogP contribution in [0, 0.1) is 0 Å². The van der Waals surface area contributed by atoms with Gasteiger partial charge in [-0.05, 0) is 24.3 Å². The Bertz CT molecular complexity index is 1060. The maximum absolute atomic E-state index is 12.7. The minimum Gasteiger partial charge on any atom is -0.493 e. The molecule has 4 rings (SSSR count). The Morgan fingerprint density at radius 2 is 2.00 bits per heavy atom. The normalized spacial score (nSPS) is 10.6. The van der Waals surface area contributed by atoms with Gasteiger partial charge in [0.15, 0.2) is 23.6 Å². The van der Waals surface area contributed by atoms with Gasteiger partial charge in [-0.25, -0.2) is 9.67 Å². The van der Waals surface area contributed by atoms with Crippen molar-refractivity contribution in [3.63, 3.8) is 0 Å². The number of amides is 1. The first-order valence-electron chi connectivity index (χ1n) is 8.24. The summed E-state index contributed by atoms with van der Waals surface area (Å²) >= 11 is 0. The van der Waals surface area contributed by atoms with Gasteiger partial charge in [0, 0.05) is 11.3 Å². The van der Waals surface area contributed by atoms with Gasteiger partial charge in [0.05, 0.1) is 25.2 Å². The molecule has 0 fully saturated rings. The van der Waals surface area contributed by atoms with E-state index >= 15 is 0 Å². The molecule has 0 aliphatic carbocycles. The van der Waals surface area contributed by atoms with E-state index in [0.29, 0.717) is 17.2 Å². The third-order valence-electron chi connectivity index (χ3n) is 3.97. The third-order valence-corrected chi connectivity index (χ3v) is 3.97. The van der Waals surface area contributed by atoms with E-state index < -0.39 is 0 Å². The molecule has 7 nitrogen and oxygen atoms in total. The van der Waals surface area contributed by atoms with Gasteiger partial charge in [-0.15, -0.1) is 0 Å². The summed E-state index contributed by atoms with van der Waals surface area (Å²) in [7, 11) is 1.51. The Labute approximate surface area is 155 Å². The van der Waals surface area contributed by atoms with Crippen LogP contribution in [0.3, 0.4) is 0 Å². The van der Waals surface area contributed by atoms with Crippen LogP contribution < -0.4 is 10.1 Å². The van der Waals surface area contributed by atoms with Crippen molar-refractivity contribution in [3.05, 3.63) is 79.1 Å². The van der Waals surface area contributed by atoms with Crippen LogP contribution in [0.25, 0.3) is 17.0 Å². The summed E-state index contributed by atoms with van der Waals surface area (Å²) in [6.07, 6.45) is 4.66. The molecule has 2 aromatic carbocycles. The SMILES string of the molecule is COc1cn(-c2ccccc2)nc1C(=O)Nc1cccc(-c2cnco2)c1. The quantitative estimate of drug-likeness (QED) is 0.585. The van der Waals surface area contributed by atoms with Gasteiger partial charge in [0.1, 0.15) is 0 Å². The lowest BCUT2D eigenvalue weighted by molar-refractivity contribution is 0.101. The molecule has 1 N–H and O–H groups in total. The third kappa shape index (κ3) is 3.43. The van der Waals surface area contributed by atoms with E-state index in [9.17, 15) is 4.79 Å². The highest BCUT2D eigenvalue weighted by molar-refractivity contribution is 6.05. The molecule has 0 radical (unpaired) electrons. The van der Waals surface area contributed by atoms with Crippen LogP contribution in [0.2, 0.25) is 0 Å². The number of nitrogens with one attached hydrogen (secondary N) is 1. The first kappa shape index (κ1) is 16.6. The smallest absolute Gasteiger partial charge is 0.280 e. The molecule has 2 heterocycles. The minimum atomic E-state index is -0.365. The van der Waals surface area contributed by atoms with Crippen molar-refractivity contribution < 1.29 is 13.9 Å². The van der Waals surface area contributed by atoms with Gasteiger partial charge in [-0.1, -0.05) is 30.3 Å². The predicted molar refractivity (Wildman–Crippen MR) is 100 cm³/mol. The molecule has 0 saturated heterocycles. The molecule has 7 heteroatoms. The van der Waals surface area contributed by atoms with E-state index in [0.717, 1.165) is 11.3 Å². The van der Waals surface area contributed by atoms with E-state index in [1.807, 2.05) is 42.5 Å². The second kappa shape index (κ2) is 7.17. The Balaban J connectivity index is 1.60. The van der Waals surface area contributed by atoms with Crippen molar-refractivity contribution in [1.29, 1.82) is 0 Å². The average Bonchev–Trinajstić information content (AvgIpc) is 3.39. The molecule has 0 aliphatic rings. The van der Waals surface area contributed by atoms with Crippen LogP contribution in [0.15, 0.2) is 77.8 Å². The first-order chi connectivity index (χ1) is 13.2. The lowest BCUT2D eigenvalue weighted by atomic mass is 10.1. The van der Waals surface area contributed by atoms with E-state index in [4.69, 9.17) is 9.15 Å². The van der Waals surface area contributed by atoms with E-state index in [-0.39, 0.29) is 11.6 Å². The molecule has 4 aromatic rings. The Hall–Kier alpha value is -3.87. The van der Waals surface area contributed by atoms with E-state index in [1.165, 1.54) is 13.5 Å². The highest BCUT2D eigenvalue weighted by Gasteiger charge is 2.19. The van der Waals surface area contributed by atoms with Crippen molar-refractivity contribution in [1.82, 2.24) is 14.8 Å². The Kier molecular flexibility index (Phi) is 4.40. The zero-order chi connectivity index (χ0) is 18.6. The number of carbonyl (C=O) groups excluding carboxylic acids is 1. The van der Waals surface area contributed by atoms with Crippen molar-refractivity contribution in [3.8, 4) is 22.8 Å². The fraction of sp³-hybridized carbons (Fsp3) is 0.0500. The topological polar surface area (TPSA) is 82.2 Å². The fourth-order valence-corrected chi connectivity index (χ4v) is 2.68. The van der Waals surface area contributed by atoms with Crippen molar-refractivity contribution in [2.24, 2.45) is 0 Å². The maximum Gasteiger partial charge on any atom is 0.280 e. The fourth-order valence-electron chi connectivity index (χ4n) is 2.68. The highest BCUT2D eigenvalue weighted by atomic mass is 16.5. The second-order valence-electron chi connectivity index (χ2n) is 5.73. The molecule has 134 valence electrons. The van der Waals surface area contributed by atoms with Gasteiger partial charge in [-0.3, -0.25) is 4.79 Å². The monoisotopic (exact) mass is 360 g/mol. The number of hydrogen-bond acceptors (Lipinski definition) is 5. The van der Waals surface area contributed by atoms with Crippen molar-refractivity contribution >= 4 is 11.6 Å². The van der Waals surface area contributed by atoms with Gasteiger partial charge in [0.2, 0.25) is 0 Å². The molecular weight excluding hydrogens is 344 g/mol. The van der Waals surface area contributed by atoms with Gasteiger partial charge < -0.3 is 14.5 Å². The number of para-hydroxylation sites is 1. The number of nitrogens with zero attached hydrogens (tertiary/aromatic N) is 3. The summed E-state index contributed by atoms with van der Waals surface area (Å²) in [5.41, 5.74) is 2.46. The van der Waals surface area contributed by atoms with Gasteiger partial charge in [0.25, 0.3) is 5.91 Å². The standard InChI is InChI=1S/C20H16N4O3/c1-26-18-12-24(16-8-3-2-4-9-16)23-19(18)20(25)22-15-7-5-6-14(10-15)17-11-21-13-27-17/h2-13H,1H3,(H,22,25). The highest BCUT2D eigenvalue weighted by Crippen LogP contribution is 2.24. The van der Waals surface area contributed by atoms with Crippen LogP contribution in [-0.2, 0) is 0 Å². The van der Waals surface area contributed by atoms with Gasteiger partial charge >= 0.3 is 0 Å². The van der Waals surface area contributed by atoms with Crippen molar-refractivity contribution in [2.75, 3.05) is 12.4 Å². The number of carbonyl (C=O) groups is 1. The Morgan fingerprint density at radius 3 is 2.74 bits per heavy atom. The van der Waals surface area contributed by atoms with Crippen LogP contribution in [0.5, 0.6) is 5.75 Å². The number of methoxy groups -OCH3 is 1. The maximum atomic E-state index is 12.7. The zero-order valence-electron chi connectivity index (χ0n) is 14.5. The number of anilines is 1. The first-order valence-corrected chi connectivity index (χ1v) is 8.24. The van der Waals surface area contributed by atoms with Crippen LogP contribution in [-0.4, -0.2) is 27.8 Å². The number of benzene rings is 2. The summed E-state index contributed by atoms with van der Waals surface area (Å²) in [5.74, 6) is 0.649. The number of ether oxygens (including phenoxy) is 1. The molecular formula is C20H16N4O3. The molecule has 1 amide bonds. The molecule has 27 heavy (non-hydrogen) atoms. The average molecular weight is 360 g/mol. The summed E-state index contributed by atoms with van der Waals surface area (Å²) in [6.45, 7) is 0. The second-order valence-corrected chi connectivity index (χ2v) is 5.73. The van der Waals surface area contributed by atoms with Gasteiger partial charge in [-0.2, -0.15) is 5.10 Å². The molecule has 0 saturated carbocycles. The molecule has 0 spiro atoms. The van der Waals surface area contributed by atoms with Crippen LogP contribution in [0.4, 0.5) is 5.69 Å².